The van der Waals surface area contributed by atoms with Crippen LogP contribution in [0.3, 0.4) is 0 Å². The average molecular weight is 521 g/mol. The molecule has 0 radical (unpaired) electrons. The van der Waals surface area contributed by atoms with Crippen molar-refractivity contribution in [1.29, 1.82) is 0 Å². The molecule has 5 heteroatoms. The van der Waals surface area contributed by atoms with E-state index in [0.717, 1.165) is 49.0 Å². The number of amides is 2. The molecule has 0 aromatic heterocycles. The third-order valence-electron chi connectivity index (χ3n) is 11.1. The van der Waals surface area contributed by atoms with Crippen LogP contribution in [0.25, 0.3) is 0 Å². The second-order valence-electron chi connectivity index (χ2n) is 13.3. The van der Waals surface area contributed by atoms with E-state index in [1.54, 1.807) is 0 Å². The lowest BCUT2D eigenvalue weighted by Gasteiger charge is -2.54. The average Bonchev–Trinajstić information content (AvgIpc) is 3.18. The number of urea groups is 1. The molecule has 1 aromatic rings. The standard InChI is InChI=1S/C32H42ClN3O/c33-28-12-10-21(11-13-28)15-24-6-4-5-7-25-20-34-36(31(24)25,29-8-2-1-3-9-29)32(37)35-30-26-16-22-14-23(18-26)19-27(30)17-22/h10-13,20,22-24,26-27,29-30H,1-9,14-19H2/p+1. The van der Waals surface area contributed by atoms with E-state index in [2.05, 4.69) is 23.7 Å². The van der Waals surface area contributed by atoms with E-state index in [0.29, 0.717) is 23.8 Å². The van der Waals surface area contributed by atoms with Crippen LogP contribution in [0.4, 0.5) is 4.79 Å². The summed E-state index contributed by atoms with van der Waals surface area (Å²) in [7, 11) is 0. The molecule has 7 aliphatic rings. The summed E-state index contributed by atoms with van der Waals surface area (Å²) < 4.78 is 0.246. The summed E-state index contributed by atoms with van der Waals surface area (Å²) >= 11 is 6.22. The van der Waals surface area contributed by atoms with Crippen LogP contribution in [0.5, 0.6) is 0 Å². The highest BCUT2D eigenvalue weighted by Crippen LogP contribution is 2.54. The van der Waals surface area contributed by atoms with Crippen LogP contribution in [0.2, 0.25) is 5.02 Å². The van der Waals surface area contributed by atoms with Gasteiger partial charge in [0.1, 0.15) is 6.04 Å². The smallest absolute Gasteiger partial charge is 0.300 e. The molecule has 8 rings (SSSR count). The molecule has 2 unspecified atom stereocenters. The molecular formula is C32H43ClN3O+. The van der Waals surface area contributed by atoms with Gasteiger partial charge in [0.25, 0.3) is 0 Å². The van der Waals surface area contributed by atoms with Crippen LogP contribution in [-0.2, 0) is 6.42 Å². The predicted octanol–water partition coefficient (Wildman–Crippen LogP) is 8.01. The molecule has 5 fully saturated rings. The lowest BCUT2D eigenvalue weighted by atomic mass is 9.54. The van der Waals surface area contributed by atoms with Crippen molar-refractivity contribution in [3.63, 3.8) is 0 Å². The van der Waals surface area contributed by atoms with E-state index in [1.807, 2.05) is 12.1 Å². The summed E-state index contributed by atoms with van der Waals surface area (Å²) in [6.07, 6.45) is 20.4. The summed E-state index contributed by atoms with van der Waals surface area (Å²) in [4.78, 5) is 14.8. The Hall–Kier alpha value is -1.65. The van der Waals surface area contributed by atoms with Crippen molar-refractivity contribution >= 4 is 23.8 Å². The zero-order valence-electron chi connectivity index (χ0n) is 22.2. The number of rotatable bonds is 4. The van der Waals surface area contributed by atoms with Crippen molar-refractivity contribution in [2.45, 2.75) is 108 Å². The van der Waals surface area contributed by atoms with Gasteiger partial charge in [-0.1, -0.05) is 46.3 Å². The molecule has 2 amide bonds. The maximum absolute atomic E-state index is 14.8. The molecule has 1 aliphatic heterocycles. The second kappa shape index (κ2) is 9.83. The fourth-order valence-electron chi connectivity index (χ4n) is 9.66. The Morgan fingerprint density at radius 3 is 2.27 bits per heavy atom. The molecule has 0 saturated heterocycles. The van der Waals surface area contributed by atoms with Crippen LogP contribution in [0, 0.1) is 29.6 Å². The van der Waals surface area contributed by atoms with Crippen LogP contribution >= 0.6 is 11.6 Å². The van der Waals surface area contributed by atoms with Gasteiger partial charge in [-0.15, -0.1) is 0 Å². The number of nitrogens with one attached hydrogen (secondary N) is 1. The molecule has 6 aliphatic carbocycles. The molecule has 5 saturated carbocycles. The largest absolute Gasteiger partial charge is 0.448 e. The van der Waals surface area contributed by atoms with Crippen molar-refractivity contribution in [3.8, 4) is 0 Å². The lowest BCUT2D eigenvalue weighted by Crippen LogP contribution is -2.64. The number of carbonyl (C=O) groups is 1. The Morgan fingerprint density at radius 1 is 0.892 bits per heavy atom. The van der Waals surface area contributed by atoms with Gasteiger partial charge in [-0.2, -0.15) is 0 Å². The summed E-state index contributed by atoms with van der Waals surface area (Å²) in [5, 5.41) is 9.81. The van der Waals surface area contributed by atoms with E-state index in [-0.39, 0.29) is 16.7 Å². The van der Waals surface area contributed by atoms with Gasteiger partial charge in [0, 0.05) is 35.4 Å². The Morgan fingerprint density at radius 2 is 1.57 bits per heavy atom. The fourth-order valence-corrected chi connectivity index (χ4v) is 9.79. The van der Waals surface area contributed by atoms with Crippen LogP contribution in [-0.4, -0.2) is 28.9 Å². The van der Waals surface area contributed by atoms with Crippen LogP contribution in [0.15, 0.2) is 40.6 Å². The minimum atomic E-state index is 0.202. The molecule has 37 heavy (non-hydrogen) atoms. The molecule has 2 atom stereocenters. The Balaban J connectivity index is 1.23. The zero-order valence-corrected chi connectivity index (χ0v) is 23.0. The Bertz CT molecular complexity index is 1060. The van der Waals surface area contributed by atoms with Gasteiger partial charge in [-0.3, -0.25) is 5.32 Å². The normalized spacial score (nSPS) is 39.1. The number of halogens is 1. The molecular weight excluding hydrogens is 478 g/mol. The molecule has 1 heterocycles. The maximum atomic E-state index is 14.8. The van der Waals surface area contributed by atoms with Gasteiger partial charge < -0.3 is 0 Å². The van der Waals surface area contributed by atoms with E-state index >= 15 is 0 Å². The minimum absolute atomic E-state index is 0.202. The van der Waals surface area contributed by atoms with Crippen molar-refractivity contribution in [3.05, 3.63) is 46.1 Å². The van der Waals surface area contributed by atoms with Crippen LogP contribution in [0.1, 0.15) is 95.5 Å². The number of benzene rings is 1. The third kappa shape index (κ3) is 4.31. The van der Waals surface area contributed by atoms with E-state index in [4.69, 9.17) is 16.7 Å². The molecule has 0 spiro atoms. The summed E-state index contributed by atoms with van der Waals surface area (Å²) in [5.74, 6) is 3.56. The highest BCUT2D eigenvalue weighted by atomic mass is 35.5. The van der Waals surface area contributed by atoms with Crippen molar-refractivity contribution < 1.29 is 9.39 Å². The summed E-state index contributed by atoms with van der Waals surface area (Å²) in [6.45, 7) is 0. The van der Waals surface area contributed by atoms with Crippen molar-refractivity contribution in [2.24, 2.45) is 34.7 Å². The van der Waals surface area contributed by atoms with E-state index in [9.17, 15) is 4.79 Å². The summed E-state index contributed by atoms with van der Waals surface area (Å²) in [6, 6.07) is 9.21. The molecule has 4 nitrogen and oxygen atoms in total. The predicted molar refractivity (Wildman–Crippen MR) is 149 cm³/mol. The van der Waals surface area contributed by atoms with Gasteiger partial charge in [0.05, 0.1) is 6.21 Å². The second-order valence-corrected chi connectivity index (χ2v) is 13.7. The molecule has 1 aromatic carbocycles. The minimum Gasteiger partial charge on any atom is -0.300 e. The van der Waals surface area contributed by atoms with Gasteiger partial charge in [-0.05, 0) is 112 Å². The number of nitrogens with zero attached hydrogens (tertiary/aromatic N) is 2. The topological polar surface area (TPSA) is 41.5 Å². The lowest BCUT2D eigenvalue weighted by molar-refractivity contribution is -0.849. The first-order chi connectivity index (χ1) is 18.1. The Labute approximate surface area is 227 Å². The highest BCUT2D eigenvalue weighted by molar-refractivity contribution is 6.30. The number of allylic oxidation sites excluding steroid dienone is 2. The Kier molecular flexibility index (Phi) is 6.48. The van der Waals surface area contributed by atoms with Gasteiger partial charge in [0.2, 0.25) is 0 Å². The molecule has 198 valence electrons. The quantitative estimate of drug-likeness (QED) is 0.401. The first-order valence-corrected chi connectivity index (χ1v) is 15.7. The van der Waals surface area contributed by atoms with Crippen molar-refractivity contribution in [1.82, 2.24) is 5.32 Å². The first kappa shape index (κ1) is 24.4. The van der Waals surface area contributed by atoms with Crippen molar-refractivity contribution in [2.75, 3.05) is 0 Å². The monoisotopic (exact) mass is 520 g/mol. The SMILES string of the molecule is O=C(NC1C2CC3CC(C2)CC1C3)[N+]1(C2CCCCC2)N=CC2=C1C(Cc1ccc(Cl)cc1)CCCC2. The van der Waals surface area contributed by atoms with Gasteiger partial charge in [0.15, 0.2) is 5.70 Å². The molecule has 1 N–H and O–H groups in total. The number of hydrogen-bond donors (Lipinski definition) is 1. The summed E-state index contributed by atoms with van der Waals surface area (Å²) in [5.41, 5.74) is 4.03. The van der Waals surface area contributed by atoms with Gasteiger partial charge in [-0.25, -0.2) is 4.79 Å². The first-order valence-electron chi connectivity index (χ1n) is 15.3. The number of quaternary nitrogens is 1. The number of hydrogen-bond acceptors (Lipinski definition) is 2. The van der Waals surface area contributed by atoms with E-state index < -0.39 is 0 Å². The zero-order chi connectivity index (χ0) is 25.0. The third-order valence-corrected chi connectivity index (χ3v) is 11.3. The number of carbonyl (C=O) groups excluding carboxylic acids is 1. The maximum Gasteiger partial charge on any atom is 0.448 e. The van der Waals surface area contributed by atoms with Gasteiger partial charge >= 0.3 is 6.03 Å². The fraction of sp³-hybridized carbons (Fsp3) is 0.688. The highest BCUT2D eigenvalue weighted by Gasteiger charge is 2.57. The molecule has 4 bridgehead atoms. The van der Waals surface area contributed by atoms with Crippen LogP contribution < -0.4 is 5.32 Å². The van der Waals surface area contributed by atoms with E-state index in [1.165, 1.54) is 81.0 Å².